The number of unbranched alkanes of at least 4 members (excludes halogenated alkanes) is 2. The van der Waals surface area contributed by atoms with Crippen LogP contribution in [-0.4, -0.2) is 19.1 Å². The van der Waals surface area contributed by atoms with E-state index in [4.69, 9.17) is 0 Å². The molecule has 1 aromatic carbocycles. The molecule has 4 heteroatoms. The summed E-state index contributed by atoms with van der Waals surface area (Å²) in [5.41, 5.74) is 2.02. The molecule has 0 radical (unpaired) electrons. The summed E-state index contributed by atoms with van der Waals surface area (Å²) in [6.45, 7) is 6.34. The second-order valence-electron chi connectivity index (χ2n) is 5.63. The number of carbonyl (C=O) groups excluding carboxylic acids is 1. The van der Waals surface area contributed by atoms with E-state index in [1.165, 1.54) is 18.4 Å². The van der Waals surface area contributed by atoms with Crippen LogP contribution in [0.2, 0.25) is 0 Å². The molecule has 0 saturated heterocycles. The van der Waals surface area contributed by atoms with Crippen LogP contribution in [0.3, 0.4) is 0 Å². The molecule has 118 valence electrons. The van der Waals surface area contributed by atoms with Crippen LogP contribution in [0, 0.1) is 0 Å². The molecule has 2 unspecified atom stereocenters. The normalized spacial score (nSPS) is 13.5. The predicted molar refractivity (Wildman–Crippen MR) is 89.7 cm³/mol. The van der Waals surface area contributed by atoms with Crippen LogP contribution in [0.25, 0.3) is 0 Å². The molecule has 2 amide bonds. The smallest absolute Gasteiger partial charge is 0.319 e. The first-order chi connectivity index (χ1) is 10.1. The summed E-state index contributed by atoms with van der Waals surface area (Å²) < 4.78 is 0. The molecule has 0 bridgehead atoms. The molecule has 2 atom stereocenters. The van der Waals surface area contributed by atoms with Gasteiger partial charge in [-0.3, -0.25) is 0 Å². The molecule has 0 aliphatic rings. The van der Waals surface area contributed by atoms with Gasteiger partial charge in [0.25, 0.3) is 0 Å². The Kier molecular flexibility index (Phi) is 7.83. The lowest BCUT2D eigenvalue weighted by atomic mass is 10.1. The Balaban J connectivity index is 2.40. The van der Waals surface area contributed by atoms with Gasteiger partial charge in [-0.2, -0.15) is 0 Å². The van der Waals surface area contributed by atoms with Crippen LogP contribution >= 0.6 is 0 Å². The largest absolute Gasteiger partial charge is 0.335 e. The fourth-order valence-electron chi connectivity index (χ4n) is 2.19. The molecule has 4 nitrogen and oxygen atoms in total. The highest BCUT2D eigenvalue weighted by Gasteiger charge is 2.07. The first-order valence-corrected chi connectivity index (χ1v) is 7.91. The average Bonchev–Trinajstić information content (AvgIpc) is 2.47. The van der Waals surface area contributed by atoms with E-state index < -0.39 is 0 Å². The van der Waals surface area contributed by atoms with Gasteiger partial charge in [-0.05, 0) is 45.0 Å². The summed E-state index contributed by atoms with van der Waals surface area (Å²) in [6.07, 6.45) is 4.61. The van der Waals surface area contributed by atoms with Crippen molar-refractivity contribution in [2.75, 3.05) is 12.4 Å². The second kappa shape index (κ2) is 9.40. The molecule has 21 heavy (non-hydrogen) atoms. The number of hydrogen-bond acceptors (Lipinski definition) is 2. The standard InChI is InChI=1S/C17H29N3O/c1-5-6-7-8-13(2)19-17(21)20-16-11-9-15(10-12-16)14(3)18-4/h9-14,18H,5-8H2,1-4H3,(H2,19,20,21). The van der Waals surface area contributed by atoms with Crippen LogP contribution in [-0.2, 0) is 0 Å². The van der Waals surface area contributed by atoms with Gasteiger partial charge >= 0.3 is 6.03 Å². The predicted octanol–water partition coefficient (Wildman–Crippen LogP) is 4.06. The van der Waals surface area contributed by atoms with Gasteiger partial charge in [-0.25, -0.2) is 4.79 Å². The van der Waals surface area contributed by atoms with Crippen LogP contribution in [0.4, 0.5) is 10.5 Å². The first-order valence-electron chi connectivity index (χ1n) is 7.91. The van der Waals surface area contributed by atoms with Crippen molar-refractivity contribution >= 4 is 11.7 Å². The van der Waals surface area contributed by atoms with Crippen molar-refractivity contribution in [1.29, 1.82) is 0 Å². The van der Waals surface area contributed by atoms with E-state index >= 15 is 0 Å². The number of hydrogen-bond donors (Lipinski definition) is 3. The average molecular weight is 291 g/mol. The Hall–Kier alpha value is -1.55. The lowest BCUT2D eigenvalue weighted by molar-refractivity contribution is 0.248. The highest BCUT2D eigenvalue weighted by atomic mass is 16.2. The lowest BCUT2D eigenvalue weighted by Crippen LogP contribution is -2.36. The fraction of sp³-hybridized carbons (Fsp3) is 0.588. The molecular formula is C17H29N3O. The molecule has 1 rings (SSSR count). The van der Waals surface area contributed by atoms with E-state index in [1.807, 2.05) is 38.2 Å². The van der Waals surface area contributed by atoms with Gasteiger partial charge in [0, 0.05) is 17.8 Å². The summed E-state index contributed by atoms with van der Waals surface area (Å²) in [5, 5.41) is 9.04. The third-order valence-corrected chi connectivity index (χ3v) is 3.72. The molecule has 0 aliphatic heterocycles. The van der Waals surface area contributed by atoms with Gasteiger partial charge in [0.2, 0.25) is 0 Å². The maximum Gasteiger partial charge on any atom is 0.319 e. The zero-order chi connectivity index (χ0) is 15.7. The zero-order valence-corrected chi connectivity index (χ0v) is 13.7. The maximum atomic E-state index is 11.9. The number of anilines is 1. The first kappa shape index (κ1) is 17.5. The summed E-state index contributed by atoms with van der Waals surface area (Å²) in [6, 6.07) is 8.32. The Morgan fingerprint density at radius 3 is 2.38 bits per heavy atom. The van der Waals surface area contributed by atoms with E-state index in [0.717, 1.165) is 18.5 Å². The quantitative estimate of drug-likeness (QED) is 0.633. The Bertz CT molecular complexity index is 417. The molecule has 0 saturated carbocycles. The Labute approximate surface area is 128 Å². The van der Waals surface area contributed by atoms with Crippen LogP contribution in [0.15, 0.2) is 24.3 Å². The van der Waals surface area contributed by atoms with Gasteiger partial charge in [0.05, 0.1) is 0 Å². The molecule has 0 heterocycles. The van der Waals surface area contributed by atoms with Crippen molar-refractivity contribution in [1.82, 2.24) is 10.6 Å². The number of nitrogens with one attached hydrogen (secondary N) is 3. The molecule has 0 aromatic heterocycles. The van der Waals surface area contributed by atoms with Gasteiger partial charge in [-0.15, -0.1) is 0 Å². The number of rotatable bonds is 8. The van der Waals surface area contributed by atoms with Crippen molar-refractivity contribution in [2.24, 2.45) is 0 Å². The fourth-order valence-corrected chi connectivity index (χ4v) is 2.19. The SMILES string of the molecule is CCCCCC(C)NC(=O)Nc1ccc(C(C)NC)cc1. The maximum absolute atomic E-state index is 11.9. The van der Waals surface area contributed by atoms with E-state index in [-0.39, 0.29) is 12.1 Å². The van der Waals surface area contributed by atoms with Crippen molar-refractivity contribution < 1.29 is 4.79 Å². The number of benzene rings is 1. The lowest BCUT2D eigenvalue weighted by Gasteiger charge is -2.15. The van der Waals surface area contributed by atoms with Crippen molar-refractivity contribution in [3.8, 4) is 0 Å². The van der Waals surface area contributed by atoms with Gasteiger partial charge in [0.1, 0.15) is 0 Å². The van der Waals surface area contributed by atoms with Gasteiger partial charge < -0.3 is 16.0 Å². The summed E-state index contributed by atoms with van der Waals surface area (Å²) in [7, 11) is 1.93. The summed E-state index contributed by atoms with van der Waals surface area (Å²) >= 11 is 0. The molecular weight excluding hydrogens is 262 g/mol. The number of urea groups is 1. The van der Waals surface area contributed by atoms with E-state index in [9.17, 15) is 4.79 Å². The van der Waals surface area contributed by atoms with Crippen LogP contribution in [0.1, 0.15) is 58.1 Å². The molecule has 1 aromatic rings. The van der Waals surface area contributed by atoms with Gasteiger partial charge in [-0.1, -0.05) is 38.3 Å². The van der Waals surface area contributed by atoms with E-state index in [1.54, 1.807) is 0 Å². The van der Waals surface area contributed by atoms with Crippen molar-refractivity contribution in [2.45, 2.75) is 58.5 Å². The molecule has 0 fully saturated rings. The van der Waals surface area contributed by atoms with Gasteiger partial charge in [0.15, 0.2) is 0 Å². The Morgan fingerprint density at radius 2 is 1.81 bits per heavy atom. The number of carbonyl (C=O) groups is 1. The molecule has 0 spiro atoms. The topological polar surface area (TPSA) is 53.2 Å². The minimum atomic E-state index is -0.131. The minimum Gasteiger partial charge on any atom is -0.335 e. The summed E-state index contributed by atoms with van der Waals surface area (Å²) in [4.78, 5) is 11.9. The van der Waals surface area contributed by atoms with Crippen molar-refractivity contribution in [3.05, 3.63) is 29.8 Å². The minimum absolute atomic E-state index is 0.131. The molecule has 3 N–H and O–H groups in total. The second-order valence-corrected chi connectivity index (χ2v) is 5.63. The monoisotopic (exact) mass is 291 g/mol. The third-order valence-electron chi connectivity index (χ3n) is 3.72. The highest BCUT2D eigenvalue weighted by molar-refractivity contribution is 5.89. The highest BCUT2D eigenvalue weighted by Crippen LogP contribution is 2.15. The van der Waals surface area contributed by atoms with E-state index in [2.05, 4.69) is 29.8 Å². The van der Waals surface area contributed by atoms with Crippen molar-refractivity contribution in [3.63, 3.8) is 0 Å². The Morgan fingerprint density at radius 1 is 1.14 bits per heavy atom. The van der Waals surface area contributed by atoms with Crippen LogP contribution in [0.5, 0.6) is 0 Å². The van der Waals surface area contributed by atoms with Crippen LogP contribution < -0.4 is 16.0 Å². The molecule has 0 aliphatic carbocycles. The third kappa shape index (κ3) is 6.63. The zero-order valence-electron chi connectivity index (χ0n) is 13.7. The summed E-state index contributed by atoms with van der Waals surface area (Å²) in [5.74, 6) is 0. The number of amides is 2. The van der Waals surface area contributed by atoms with E-state index in [0.29, 0.717) is 6.04 Å².